The van der Waals surface area contributed by atoms with Crippen molar-refractivity contribution in [3.05, 3.63) is 82.9 Å². The molecule has 0 amide bonds. The van der Waals surface area contributed by atoms with Gasteiger partial charge in [-0.15, -0.1) is 11.6 Å². The predicted octanol–water partition coefficient (Wildman–Crippen LogP) is 4.59. The van der Waals surface area contributed by atoms with Gasteiger partial charge in [0, 0.05) is 5.69 Å². The van der Waals surface area contributed by atoms with Crippen molar-refractivity contribution >= 4 is 17.6 Å². The van der Waals surface area contributed by atoms with Gasteiger partial charge in [-0.25, -0.2) is 9.18 Å². The number of halogens is 2. The van der Waals surface area contributed by atoms with Crippen LogP contribution in [0.1, 0.15) is 32.7 Å². The lowest BCUT2D eigenvalue weighted by Gasteiger charge is -2.13. The maximum absolute atomic E-state index is 12.9. The Morgan fingerprint density at radius 3 is 2.48 bits per heavy atom. The minimum atomic E-state index is -1.06. The van der Waals surface area contributed by atoms with Gasteiger partial charge in [0.2, 0.25) is 0 Å². The number of carboxylic acids is 1. The molecule has 0 spiro atoms. The third-order valence-electron chi connectivity index (χ3n) is 4.09. The van der Waals surface area contributed by atoms with Crippen molar-refractivity contribution in [2.75, 3.05) is 0 Å². The second-order valence-corrected chi connectivity index (χ2v) is 6.64. The highest BCUT2D eigenvalue weighted by atomic mass is 35.5. The molecule has 1 aromatic heterocycles. The van der Waals surface area contributed by atoms with E-state index in [1.165, 1.54) is 18.2 Å². The monoisotopic (exact) mass is 388 g/mol. The van der Waals surface area contributed by atoms with E-state index in [9.17, 15) is 9.18 Å². The lowest BCUT2D eigenvalue weighted by molar-refractivity contribution is 0.0689. The molecule has 5 nitrogen and oxygen atoms in total. The summed E-state index contributed by atoms with van der Waals surface area (Å²) in [5.74, 6) is -0.667. The van der Waals surface area contributed by atoms with Gasteiger partial charge >= 0.3 is 5.97 Å². The Hall–Kier alpha value is -2.86. The molecule has 0 aliphatic carbocycles. The van der Waals surface area contributed by atoms with Gasteiger partial charge in [0.15, 0.2) is 5.69 Å². The van der Waals surface area contributed by atoms with Crippen LogP contribution >= 0.6 is 11.6 Å². The van der Waals surface area contributed by atoms with Crippen LogP contribution in [0.5, 0.6) is 5.75 Å². The molecule has 3 rings (SSSR count). The Labute approximate surface area is 161 Å². The van der Waals surface area contributed by atoms with E-state index in [-0.39, 0.29) is 16.9 Å². The van der Waals surface area contributed by atoms with Crippen LogP contribution in [0.2, 0.25) is 0 Å². The second-order valence-electron chi connectivity index (χ2n) is 6.11. The summed E-state index contributed by atoms with van der Waals surface area (Å²) in [7, 11) is 0. The molecule has 1 atom stereocenters. The maximum atomic E-state index is 12.9. The number of hydrogen-bond donors (Lipinski definition) is 1. The number of nitrogens with zero attached hydrogens (tertiary/aromatic N) is 2. The fraction of sp³-hybridized carbons (Fsp3) is 0.200. The van der Waals surface area contributed by atoms with Crippen molar-refractivity contribution in [2.24, 2.45) is 0 Å². The van der Waals surface area contributed by atoms with E-state index < -0.39 is 5.97 Å². The smallest absolute Gasteiger partial charge is 0.356 e. The Morgan fingerprint density at radius 1 is 1.22 bits per heavy atom. The number of aromatic carboxylic acids is 1. The van der Waals surface area contributed by atoms with Crippen LogP contribution in [0, 0.1) is 12.7 Å². The topological polar surface area (TPSA) is 64.3 Å². The van der Waals surface area contributed by atoms with Crippen molar-refractivity contribution < 1.29 is 19.0 Å². The second kappa shape index (κ2) is 8.22. The summed E-state index contributed by atoms with van der Waals surface area (Å²) >= 11 is 6.46. The van der Waals surface area contributed by atoms with Crippen LogP contribution in [0.15, 0.2) is 54.6 Å². The molecule has 0 bridgehead atoms. The van der Waals surface area contributed by atoms with E-state index >= 15 is 0 Å². The average molecular weight is 389 g/mol. The molecule has 27 heavy (non-hydrogen) atoms. The van der Waals surface area contributed by atoms with E-state index in [2.05, 4.69) is 5.10 Å². The van der Waals surface area contributed by atoms with E-state index in [1.807, 2.05) is 24.3 Å². The normalized spacial score (nSPS) is 12.0. The first-order valence-corrected chi connectivity index (χ1v) is 8.75. The Balaban J connectivity index is 1.60. The van der Waals surface area contributed by atoms with Crippen LogP contribution in [-0.4, -0.2) is 20.9 Å². The minimum absolute atomic E-state index is 0.000841. The highest BCUT2D eigenvalue weighted by Gasteiger charge is 2.15. The number of benzene rings is 2. The predicted molar refractivity (Wildman–Crippen MR) is 99.7 cm³/mol. The van der Waals surface area contributed by atoms with Crippen molar-refractivity contribution in [3.63, 3.8) is 0 Å². The van der Waals surface area contributed by atoms with E-state index in [4.69, 9.17) is 21.4 Å². The molecule has 140 valence electrons. The summed E-state index contributed by atoms with van der Waals surface area (Å²) in [4.78, 5) is 11.0. The molecule has 3 aromatic rings. The number of carbonyl (C=O) groups is 1. The van der Waals surface area contributed by atoms with Crippen LogP contribution in [0.25, 0.3) is 0 Å². The molecule has 0 saturated carbocycles. The summed E-state index contributed by atoms with van der Waals surface area (Å²) in [6.45, 7) is 2.49. The molecule has 1 N–H and O–H groups in total. The van der Waals surface area contributed by atoms with Crippen molar-refractivity contribution in [3.8, 4) is 5.75 Å². The highest BCUT2D eigenvalue weighted by Crippen LogP contribution is 2.25. The molecule has 0 fully saturated rings. The lowest BCUT2D eigenvalue weighted by atomic mass is 10.1. The van der Waals surface area contributed by atoms with Gasteiger partial charge in [0.05, 0.1) is 11.9 Å². The summed E-state index contributed by atoms with van der Waals surface area (Å²) in [6.07, 6.45) is 0. The van der Waals surface area contributed by atoms with Crippen molar-refractivity contribution in [1.82, 2.24) is 9.78 Å². The summed E-state index contributed by atoms with van der Waals surface area (Å²) in [5, 5.41) is 12.7. The average Bonchev–Trinajstić information content (AvgIpc) is 3.02. The number of ether oxygens (including phenoxy) is 1. The zero-order valence-electron chi connectivity index (χ0n) is 14.6. The van der Waals surface area contributed by atoms with Crippen LogP contribution < -0.4 is 4.74 Å². The molecule has 0 aliphatic rings. The van der Waals surface area contributed by atoms with E-state index in [1.54, 1.807) is 23.7 Å². The molecule has 7 heteroatoms. The van der Waals surface area contributed by atoms with Crippen molar-refractivity contribution in [1.29, 1.82) is 0 Å². The van der Waals surface area contributed by atoms with Crippen LogP contribution in [0.3, 0.4) is 0 Å². The van der Waals surface area contributed by atoms with Gasteiger partial charge < -0.3 is 9.84 Å². The Kier molecular flexibility index (Phi) is 5.76. The number of alkyl halides is 1. The highest BCUT2D eigenvalue weighted by molar-refractivity contribution is 6.20. The fourth-order valence-corrected chi connectivity index (χ4v) is 2.85. The van der Waals surface area contributed by atoms with Gasteiger partial charge in [-0.3, -0.25) is 4.68 Å². The minimum Gasteiger partial charge on any atom is -0.489 e. The SMILES string of the molecule is Cc1cc(C(=O)O)nn1CC(Cl)c1ccc(OCc2ccc(F)cc2)cc1. The number of hydrogen-bond acceptors (Lipinski definition) is 3. The Bertz CT molecular complexity index is 923. The summed E-state index contributed by atoms with van der Waals surface area (Å²) in [6, 6.07) is 15.0. The fourth-order valence-electron chi connectivity index (χ4n) is 2.58. The first-order chi connectivity index (χ1) is 12.9. The summed E-state index contributed by atoms with van der Waals surface area (Å²) < 4.78 is 20.2. The van der Waals surface area contributed by atoms with Gasteiger partial charge in [-0.05, 0) is 48.4 Å². The number of aromatic nitrogens is 2. The van der Waals surface area contributed by atoms with Crippen molar-refractivity contribution in [2.45, 2.75) is 25.5 Å². The third kappa shape index (κ3) is 4.86. The molecular formula is C20H18ClFN2O3. The third-order valence-corrected chi connectivity index (χ3v) is 4.48. The largest absolute Gasteiger partial charge is 0.489 e. The molecule has 0 radical (unpaired) electrons. The molecular weight excluding hydrogens is 371 g/mol. The first-order valence-electron chi connectivity index (χ1n) is 8.31. The molecule has 1 heterocycles. The quantitative estimate of drug-likeness (QED) is 0.601. The van der Waals surface area contributed by atoms with Crippen LogP contribution in [-0.2, 0) is 13.2 Å². The number of aryl methyl sites for hydroxylation is 1. The first kappa shape index (κ1) is 18.9. The number of rotatable bonds is 7. The molecule has 0 aliphatic heterocycles. The van der Waals surface area contributed by atoms with Gasteiger partial charge in [-0.2, -0.15) is 5.10 Å². The number of carboxylic acid groups (broad SMARTS) is 1. The molecule has 1 unspecified atom stereocenters. The zero-order valence-corrected chi connectivity index (χ0v) is 15.4. The van der Waals surface area contributed by atoms with Gasteiger partial charge in [0.25, 0.3) is 0 Å². The molecule has 0 saturated heterocycles. The maximum Gasteiger partial charge on any atom is 0.356 e. The van der Waals surface area contributed by atoms with E-state index in [0.717, 1.165) is 16.8 Å². The molecule has 2 aromatic carbocycles. The van der Waals surface area contributed by atoms with Gasteiger partial charge in [0.1, 0.15) is 18.2 Å². The van der Waals surface area contributed by atoms with Crippen LogP contribution in [0.4, 0.5) is 4.39 Å². The Morgan fingerprint density at radius 2 is 1.89 bits per heavy atom. The van der Waals surface area contributed by atoms with E-state index in [0.29, 0.717) is 18.9 Å². The van der Waals surface area contributed by atoms with Gasteiger partial charge in [-0.1, -0.05) is 24.3 Å². The zero-order chi connectivity index (χ0) is 19.4. The summed E-state index contributed by atoms with van der Waals surface area (Å²) in [5.41, 5.74) is 2.48. The standard InChI is InChI=1S/C20H18ClFN2O3/c1-13-10-19(20(25)26)23-24(13)11-18(21)15-4-8-17(9-5-15)27-12-14-2-6-16(22)7-3-14/h2-10,18H,11-12H2,1H3,(H,25,26). The lowest BCUT2D eigenvalue weighted by Crippen LogP contribution is -2.09.